The van der Waals surface area contributed by atoms with Crippen LogP contribution in [-0.4, -0.2) is 26.0 Å². The molecule has 1 fully saturated rings. The van der Waals surface area contributed by atoms with Crippen LogP contribution in [0.5, 0.6) is 0 Å². The summed E-state index contributed by atoms with van der Waals surface area (Å²) >= 11 is 0. The zero-order valence-electron chi connectivity index (χ0n) is 11.4. The second-order valence-corrected chi connectivity index (χ2v) is 4.91. The van der Waals surface area contributed by atoms with Gasteiger partial charge >= 0.3 is 0 Å². The van der Waals surface area contributed by atoms with Crippen molar-refractivity contribution in [1.82, 2.24) is 0 Å². The number of carbonyl (C=O) groups is 1. The quantitative estimate of drug-likeness (QED) is 0.815. The summed E-state index contributed by atoms with van der Waals surface area (Å²) in [5.74, 6) is 0.187. The molecule has 3 heteroatoms. The molecule has 0 unspecified atom stereocenters. The molecule has 0 bridgehead atoms. The van der Waals surface area contributed by atoms with E-state index in [1.54, 1.807) is 4.90 Å². The smallest absolute Gasteiger partial charge is 0.226 e. The van der Waals surface area contributed by atoms with Gasteiger partial charge < -0.3 is 9.80 Å². The van der Waals surface area contributed by atoms with E-state index >= 15 is 0 Å². The average Bonchev–Trinajstić information content (AvgIpc) is 2.92. The summed E-state index contributed by atoms with van der Waals surface area (Å²) in [4.78, 5) is 15.9. The van der Waals surface area contributed by atoms with E-state index in [-0.39, 0.29) is 5.91 Å². The minimum atomic E-state index is 0.187. The fraction of sp³-hybridized carbons (Fsp3) is 0.533. The predicted molar refractivity (Wildman–Crippen MR) is 76.2 cm³/mol. The van der Waals surface area contributed by atoms with Gasteiger partial charge in [0.15, 0.2) is 0 Å². The minimum Gasteiger partial charge on any atom is -0.372 e. The minimum absolute atomic E-state index is 0.187. The van der Waals surface area contributed by atoms with E-state index in [0.717, 1.165) is 25.2 Å². The molecule has 1 amide bonds. The maximum Gasteiger partial charge on any atom is 0.226 e. The van der Waals surface area contributed by atoms with Crippen LogP contribution in [0.1, 0.15) is 32.6 Å². The Hall–Kier alpha value is -1.51. The third-order valence-corrected chi connectivity index (χ3v) is 3.55. The maximum atomic E-state index is 11.8. The predicted octanol–water partition coefficient (Wildman–Crippen LogP) is 3.05. The monoisotopic (exact) mass is 246 g/mol. The van der Waals surface area contributed by atoms with Gasteiger partial charge in [0, 0.05) is 37.9 Å². The lowest BCUT2D eigenvalue weighted by Crippen LogP contribution is -2.25. The number of amides is 1. The Balaban J connectivity index is 2.04. The summed E-state index contributed by atoms with van der Waals surface area (Å²) in [6, 6.07) is 8.33. The van der Waals surface area contributed by atoms with Gasteiger partial charge in [0.25, 0.3) is 0 Å². The van der Waals surface area contributed by atoms with Gasteiger partial charge in [-0.2, -0.15) is 0 Å². The van der Waals surface area contributed by atoms with Gasteiger partial charge in [-0.15, -0.1) is 0 Å². The summed E-state index contributed by atoms with van der Waals surface area (Å²) in [6.45, 7) is 4.34. The number of hydrogen-bond acceptors (Lipinski definition) is 2. The molecule has 18 heavy (non-hydrogen) atoms. The summed E-state index contributed by atoms with van der Waals surface area (Å²) in [7, 11) is 1.85. The van der Waals surface area contributed by atoms with Crippen molar-refractivity contribution in [3.8, 4) is 0 Å². The Labute approximate surface area is 109 Å². The molecule has 1 aromatic rings. The highest BCUT2D eigenvalue weighted by molar-refractivity contribution is 5.92. The lowest BCUT2D eigenvalue weighted by Gasteiger charge is -2.20. The zero-order valence-corrected chi connectivity index (χ0v) is 11.4. The molecule has 0 aromatic heterocycles. The van der Waals surface area contributed by atoms with Gasteiger partial charge in [0.05, 0.1) is 0 Å². The number of anilines is 2. The summed E-state index contributed by atoms with van der Waals surface area (Å²) in [6.07, 6.45) is 4.09. The number of carbonyl (C=O) groups excluding carboxylic acids is 1. The number of hydrogen-bond donors (Lipinski definition) is 0. The Kier molecular flexibility index (Phi) is 4.24. The molecule has 1 aliphatic heterocycles. The highest BCUT2D eigenvalue weighted by atomic mass is 16.2. The Morgan fingerprint density at radius 1 is 1.22 bits per heavy atom. The second kappa shape index (κ2) is 5.89. The topological polar surface area (TPSA) is 23.6 Å². The van der Waals surface area contributed by atoms with Crippen molar-refractivity contribution in [3.63, 3.8) is 0 Å². The van der Waals surface area contributed by atoms with Crippen molar-refractivity contribution in [2.75, 3.05) is 29.9 Å². The van der Waals surface area contributed by atoms with Crippen LogP contribution in [-0.2, 0) is 4.79 Å². The van der Waals surface area contributed by atoms with Gasteiger partial charge in [-0.1, -0.05) is 6.92 Å². The van der Waals surface area contributed by atoms with Crippen molar-refractivity contribution in [2.45, 2.75) is 32.6 Å². The van der Waals surface area contributed by atoms with Gasteiger partial charge in [0.2, 0.25) is 5.91 Å². The Bertz CT molecular complexity index is 393. The molecule has 2 rings (SSSR count). The molecule has 1 saturated heterocycles. The molecular formula is C15H22N2O. The van der Waals surface area contributed by atoms with E-state index in [0.29, 0.717) is 6.42 Å². The number of nitrogens with zero attached hydrogens (tertiary/aromatic N) is 2. The first-order valence-corrected chi connectivity index (χ1v) is 6.84. The molecule has 0 atom stereocenters. The number of rotatable bonds is 4. The van der Waals surface area contributed by atoms with Gasteiger partial charge in [-0.05, 0) is 43.5 Å². The molecule has 0 radical (unpaired) electrons. The van der Waals surface area contributed by atoms with Crippen LogP contribution < -0.4 is 9.80 Å². The standard InChI is InChI=1S/C15H22N2O/c1-3-6-15(18)16(2)13-7-9-14(10-8-13)17-11-4-5-12-17/h7-10H,3-6,11-12H2,1-2H3. The van der Waals surface area contributed by atoms with Crippen LogP contribution in [0.2, 0.25) is 0 Å². The third kappa shape index (κ3) is 2.84. The van der Waals surface area contributed by atoms with Crippen molar-refractivity contribution < 1.29 is 4.79 Å². The van der Waals surface area contributed by atoms with Crippen LogP contribution in [0.4, 0.5) is 11.4 Å². The van der Waals surface area contributed by atoms with Crippen molar-refractivity contribution in [3.05, 3.63) is 24.3 Å². The highest BCUT2D eigenvalue weighted by Crippen LogP contribution is 2.23. The molecular weight excluding hydrogens is 224 g/mol. The van der Waals surface area contributed by atoms with Crippen LogP contribution in [0, 0.1) is 0 Å². The molecule has 0 saturated carbocycles. The second-order valence-electron chi connectivity index (χ2n) is 4.91. The van der Waals surface area contributed by atoms with Gasteiger partial charge in [-0.25, -0.2) is 0 Å². The molecule has 1 aliphatic rings. The van der Waals surface area contributed by atoms with Crippen LogP contribution in [0.3, 0.4) is 0 Å². The van der Waals surface area contributed by atoms with E-state index in [4.69, 9.17) is 0 Å². The first kappa shape index (κ1) is 12.9. The summed E-state index contributed by atoms with van der Waals surface area (Å²) in [5, 5.41) is 0. The SMILES string of the molecule is CCCC(=O)N(C)c1ccc(N2CCCC2)cc1. The Morgan fingerprint density at radius 2 is 1.83 bits per heavy atom. The van der Waals surface area contributed by atoms with Crippen molar-refractivity contribution in [2.24, 2.45) is 0 Å². The van der Waals surface area contributed by atoms with Crippen LogP contribution in [0.25, 0.3) is 0 Å². The fourth-order valence-corrected chi connectivity index (χ4v) is 2.39. The summed E-state index contributed by atoms with van der Waals surface area (Å²) in [5.41, 5.74) is 2.25. The lowest BCUT2D eigenvalue weighted by atomic mass is 10.2. The molecule has 3 nitrogen and oxygen atoms in total. The Morgan fingerprint density at radius 3 is 2.39 bits per heavy atom. The zero-order chi connectivity index (χ0) is 13.0. The maximum absolute atomic E-state index is 11.8. The molecule has 0 spiro atoms. The molecule has 0 N–H and O–H groups in total. The normalized spacial score (nSPS) is 14.9. The first-order valence-electron chi connectivity index (χ1n) is 6.84. The lowest BCUT2D eigenvalue weighted by molar-refractivity contribution is -0.118. The van der Waals surface area contributed by atoms with Crippen molar-refractivity contribution >= 4 is 17.3 Å². The van der Waals surface area contributed by atoms with Crippen molar-refractivity contribution in [1.29, 1.82) is 0 Å². The summed E-state index contributed by atoms with van der Waals surface area (Å²) < 4.78 is 0. The molecule has 98 valence electrons. The van der Waals surface area contributed by atoms with Crippen LogP contribution in [0.15, 0.2) is 24.3 Å². The molecule has 1 aromatic carbocycles. The molecule has 1 heterocycles. The van der Waals surface area contributed by atoms with Gasteiger partial charge in [-0.3, -0.25) is 4.79 Å². The third-order valence-electron chi connectivity index (χ3n) is 3.55. The van der Waals surface area contributed by atoms with E-state index in [2.05, 4.69) is 17.0 Å². The number of benzene rings is 1. The van der Waals surface area contributed by atoms with E-state index < -0.39 is 0 Å². The van der Waals surface area contributed by atoms with E-state index in [9.17, 15) is 4.79 Å². The van der Waals surface area contributed by atoms with E-state index in [1.807, 2.05) is 26.1 Å². The molecule has 0 aliphatic carbocycles. The van der Waals surface area contributed by atoms with Gasteiger partial charge in [0.1, 0.15) is 0 Å². The fourth-order valence-electron chi connectivity index (χ4n) is 2.39. The van der Waals surface area contributed by atoms with Crippen LogP contribution >= 0.6 is 0 Å². The average molecular weight is 246 g/mol. The largest absolute Gasteiger partial charge is 0.372 e. The first-order chi connectivity index (χ1) is 8.72. The van der Waals surface area contributed by atoms with E-state index in [1.165, 1.54) is 18.5 Å². The highest BCUT2D eigenvalue weighted by Gasteiger charge is 2.13.